The molecule has 4 rings (SSSR count). The lowest BCUT2D eigenvalue weighted by molar-refractivity contribution is -0.115. The number of phenols is 1. The van der Waals surface area contributed by atoms with Crippen LogP contribution in [0.4, 0.5) is 10.2 Å². The van der Waals surface area contributed by atoms with Crippen LogP contribution in [0.2, 0.25) is 0 Å². The van der Waals surface area contributed by atoms with Gasteiger partial charge in [-0.05, 0) is 30.9 Å². The summed E-state index contributed by atoms with van der Waals surface area (Å²) in [6.45, 7) is 0. The number of nitrogens with zero attached hydrogens (tertiary/aromatic N) is 2. The number of aromatic hydroxyl groups is 1. The van der Waals surface area contributed by atoms with Gasteiger partial charge in [0.05, 0.1) is 17.7 Å². The average molecular weight is 347 g/mol. The first-order chi connectivity index (χ1) is 11.5. The van der Waals surface area contributed by atoms with E-state index in [1.54, 1.807) is 0 Å². The third-order valence-corrected chi connectivity index (χ3v) is 5.25. The molecule has 2 aromatic rings. The number of rotatable bonds is 4. The maximum absolute atomic E-state index is 13.7. The quantitative estimate of drug-likeness (QED) is 0.653. The minimum atomic E-state index is -0.813. The van der Waals surface area contributed by atoms with Gasteiger partial charge in [-0.25, -0.2) is 9.37 Å². The van der Waals surface area contributed by atoms with Crippen LogP contribution in [0.1, 0.15) is 18.4 Å². The fourth-order valence-electron chi connectivity index (χ4n) is 2.57. The van der Waals surface area contributed by atoms with Crippen molar-refractivity contribution in [1.29, 1.82) is 0 Å². The number of nitrogens with one attached hydrogen (secondary N) is 1. The zero-order chi connectivity index (χ0) is 16.8. The number of hydrogen-bond donors (Lipinski definition) is 2. The Bertz CT molecular complexity index is 908. The lowest BCUT2D eigenvalue weighted by Gasteiger charge is -2.13. The Hall–Kier alpha value is -2.35. The average Bonchev–Trinajstić information content (AvgIpc) is 3.29. The van der Waals surface area contributed by atoms with Crippen LogP contribution in [0.5, 0.6) is 5.75 Å². The number of amides is 1. The predicted octanol–water partition coefficient (Wildman–Crippen LogP) is 2.07. The first-order valence-corrected chi connectivity index (χ1v) is 8.59. The second-order valence-corrected chi connectivity index (χ2v) is 6.96. The van der Waals surface area contributed by atoms with Crippen LogP contribution in [0.3, 0.4) is 0 Å². The Balaban J connectivity index is 1.85. The molecule has 1 aliphatic heterocycles. The lowest BCUT2D eigenvalue weighted by atomic mass is 10.2. The van der Waals surface area contributed by atoms with Gasteiger partial charge in [0.1, 0.15) is 5.82 Å². The SMILES string of the molecule is O=C1Cc2c(nc(SCC3CC3)n(-c3ccc(O)c(F)c3)c2=O)N1. The first-order valence-electron chi connectivity index (χ1n) is 7.60. The molecule has 2 N–H and O–H groups in total. The molecule has 2 heterocycles. The molecule has 0 atom stereocenters. The number of phenolic OH excluding ortho intramolecular Hbond substituents is 1. The van der Waals surface area contributed by atoms with Gasteiger partial charge in [-0.1, -0.05) is 11.8 Å². The van der Waals surface area contributed by atoms with Gasteiger partial charge in [-0.15, -0.1) is 0 Å². The number of carbonyl (C=O) groups excluding carboxylic acids is 1. The van der Waals surface area contributed by atoms with Gasteiger partial charge in [0.2, 0.25) is 5.91 Å². The predicted molar refractivity (Wildman–Crippen MR) is 87.2 cm³/mol. The first kappa shape index (κ1) is 15.2. The van der Waals surface area contributed by atoms with Crippen molar-refractivity contribution < 1.29 is 14.3 Å². The van der Waals surface area contributed by atoms with Crippen LogP contribution < -0.4 is 10.9 Å². The second kappa shape index (κ2) is 5.62. The maximum atomic E-state index is 13.7. The van der Waals surface area contributed by atoms with Crippen molar-refractivity contribution >= 4 is 23.5 Å². The maximum Gasteiger partial charge on any atom is 0.264 e. The molecule has 0 radical (unpaired) electrons. The van der Waals surface area contributed by atoms with Crippen molar-refractivity contribution in [3.8, 4) is 11.4 Å². The summed E-state index contributed by atoms with van der Waals surface area (Å²) in [7, 11) is 0. The zero-order valence-corrected chi connectivity index (χ0v) is 13.4. The van der Waals surface area contributed by atoms with Crippen molar-refractivity contribution in [3.63, 3.8) is 0 Å². The van der Waals surface area contributed by atoms with E-state index in [9.17, 15) is 19.1 Å². The smallest absolute Gasteiger partial charge is 0.264 e. The summed E-state index contributed by atoms with van der Waals surface area (Å²) >= 11 is 1.42. The molecule has 1 aliphatic carbocycles. The van der Waals surface area contributed by atoms with E-state index < -0.39 is 11.6 Å². The molecule has 1 amide bonds. The third kappa shape index (κ3) is 2.66. The Morgan fingerprint density at radius 2 is 2.17 bits per heavy atom. The summed E-state index contributed by atoms with van der Waals surface area (Å²) in [6.07, 6.45) is 2.29. The molecular formula is C16H14FN3O3S. The van der Waals surface area contributed by atoms with Gasteiger partial charge in [-0.2, -0.15) is 0 Å². The Morgan fingerprint density at radius 1 is 1.38 bits per heavy atom. The fraction of sp³-hybridized carbons (Fsp3) is 0.312. The molecule has 124 valence electrons. The van der Waals surface area contributed by atoms with Gasteiger partial charge in [0.15, 0.2) is 16.7 Å². The van der Waals surface area contributed by atoms with Crippen molar-refractivity contribution in [2.24, 2.45) is 5.92 Å². The van der Waals surface area contributed by atoms with Gasteiger partial charge >= 0.3 is 0 Å². The Labute approximate surface area is 140 Å². The molecule has 0 unspecified atom stereocenters. The number of benzene rings is 1. The number of aromatic nitrogens is 2. The third-order valence-electron chi connectivity index (χ3n) is 4.08. The van der Waals surface area contributed by atoms with Crippen LogP contribution in [0.15, 0.2) is 28.2 Å². The minimum Gasteiger partial charge on any atom is -0.505 e. The Kier molecular flexibility index (Phi) is 3.56. The number of hydrogen-bond acceptors (Lipinski definition) is 5. The molecule has 6 nitrogen and oxygen atoms in total. The lowest BCUT2D eigenvalue weighted by Crippen LogP contribution is -2.24. The zero-order valence-electron chi connectivity index (χ0n) is 12.6. The van der Waals surface area contributed by atoms with E-state index >= 15 is 0 Å². The van der Waals surface area contributed by atoms with Gasteiger partial charge in [0.25, 0.3) is 5.56 Å². The van der Waals surface area contributed by atoms with Crippen LogP contribution in [0.25, 0.3) is 5.69 Å². The van der Waals surface area contributed by atoms with E-state index in [0.29, 0.717) is 16.9 Å². The molecule has 0 spiro atoms. The van der Waals surface area contributed by atoms with Crippen molar-refractivity contribution in [3.05, 3.63) is 39.9 Å². The van der Waals surface area contributed by atoms with E-state index in [0.717, 1.165) is 24.7 Å². The van der Waals surface area contributed by atoms with Crippen molar-refractivity contribution in [2.45, 2.75) is 24.4 Å². The number of halogens is 1. The van der Waals surface area contributed by atoms with Gasteiger partial charge in [0, 0.05) is 11.8 Å². The molecule has 1 aromatic carbocycles. The molecule has 0 bridgehead atoms. The number of thioether (sulfide) groups is 1. The van der Waals surface area contributed by atoms with Gasteiger partial charge in [-0.3, -0.25) is 14.2 Å². The standard InChI is InChI=1S/C16H14FN3O3S/c17-11-5-9(3-4-12(11)21)20-15(23)10-6-13(22)18-14(10)19-16(20)24-7-8-1-2-8/h3-5,8,21H,1-2,6-7H2,(H,18,22). The minimum absolute atomic E-state index is 0.0324. The number of fused-ring (bicyclic) bond motifs is 1. The monoisotopic (exact) mass is 347 g/mol. The molecule has 1 saturated carbocycles. The van der Waals surface area contributed by atoms with Crippen LogP contribution in [0, 0.1) is 11.7 Å². The molecule has 24 heavy (non-hydrogen) atoms. The largest absolute Gasteiger partial charge is 0.505 e. The number of carbonyl (C=O) groups is 1. The highest BCUT2D eigenvalue weighted by Crippen LogP contribution is 2.35. The van der Waals surface area contributed by atoms with E-state index in [4.69, 9.17) is 0 Å². The summed E-state index contributed by atoms with van der Waals surface area (Å²) in [5.41, 5.74) is 0.175. The van der Waals surface area contributed by atoms with E-state index in [-0.39, 0.29) is 29.1 Å². The summed E-state index contributed by atoms with van der Waals surface area (Å²) in [4.78, 5) is 28.8. The normalized spacial score (nSPS) is 16.1. The summed E-state index contributed by atoms with van der Waals surface area (Å²) < 4.78 is 15.0. The molecule has 0 saturated heterocycles. The molecule has 1 aromatic heterocycles. The van der Waals surface area contributed by atoms with E-state index in [1.807, 2.05) is 0 Å². The number of anilines is 1. The van der Waals surface area contributed by atoms with E-state index in [1.165, 1.54) is 28.5 Å². The molecule has 8 heteroatoms. The van der Waals surface area contributed by atoms with Crippen LogP contribution in [-0.2, 0) is 11.2 Å². The summed E-state index contributed by atoms with van der Waals surface area (Å²) in [5, 5.41) is 12.4. The highest BCUT2D eigenvalue weighted by molar-refractivity contribution is 7.99. The van der Waals surface area contributed by atoms with Crippen LogP contribution in [-0.4, -0.2) is 26.3 Å². The second-order valence-electron chi connectivity index (χ2n) is 5.98. The summed E-state index contributed by atoms with van der Waals surface area (Å²) in [5.74, 6) is 0.151. The topological polar surface area (TPSA) is 84.2 Å². The summed E-state index contributed by atoms with van der Waals surface area (Å²) in [6, 6.07) is 3.75. The van der Waals surface area contributed by atoms with Crippen LogP contribution >= 0.6 is 11.8 Å². The van der Waals surface area contributed by atoms with Crippen molar-refractivity contribution in [1.82, 2.24) is 9.55 Å². The fourth-order valence-corrected chi connectivity index (χ4v) is 3.76. The molecule has 1 fully saturated rings. The van der Waals surface area contributed by atoms with Crippen molar-refractivity contribution in [2.75, 3.05) is 11.1 Å². The van der Waals surface area contributed by atoms with Gasteiger partial charge < -0.3 is 10.4 Å². The van der Waals surface area contributed by atoms with E-state index in [2.05, 4.69) is 10.3 Å². The molecule has 2 aliphatic rings. The molecular weight excluding hydrogens is 333 g/mol. The Morgan fingerprint density at radius 3 is 2.88 bits per heavy atom. The highest BCUT2D eigenvalue weighted by Gasteiger charge is 2.28. The highest BCUT2D eigenvalue weighted by atomic mass is 32.2.